The number of rotatable bonds is 2. The third-order valence-corrected chi connectivity index (χ3v) is 4.43. The van der Waals surface area contributed by atoms with Gasteiger partial charge in [-0.25, -0.2) is 4.57 Å². The molecule has 2 nitrogen and oxygen atoms in total. The van der Waals surface area contributed by atoms with Gasteiger partial charge >= 0.3 is 0 Å². The molecule has 0 unspecified atom stereocenters. The van der Waals surface area contributed by atoms with E-state index in [1.54, 1.807) is 0 Å². The topological polar surface area (TPSA) is 19.7 Å². The van der Waals surface area contributed by atoms with Crippen LogP contribution in [0.1, 0.15) is 11.1 Å². The van der Waals surface area contributed by atoms with Gasteiger partial charge in [0.1, 0.15) is 7.05 Å². The molecular weight excluding hydrogens is 431 g/mol. The van der Waals surface area contributed by atoms with Gasteiger partial charge in [0.25, 0.3) is 0 Å². The molecule has 0 saturated carbocycles. The highest BCUT2D eigenvalue weighted by Crippen LogP contribution is 2.25. The average Bonchev–Trinajstić information content (AvgIpc) is 2.97. The molecule has 4 heteroatoms. The van der Waals surface area contributed by atoms with Gasteiger partial charge in [0.05, 0.1) is 5.39 Å². The second-order valence-electron chi connectivity index (χ2n) is 5.67. The van der Waals surface area contributed by atoms with E-state index in [9.17, 15) is 0 Å². The number of aryl methyl sites for hydroxylation is 1. The molecule has 0 bridgehead atoms. The normalized spacial score (nSPS) is 11.2. The molecule has 0 atom stereocenters. The first-order valence-electron chi connectivity index (χ1n) is 7.54. The fraction of sp³-hybridized carbons (Fsp3) is 0.0500. The molecule has 0 amide bonds. The van der Waals surface area contributed by atoms with E-state index in [4.69, 9.17) is 11.6 Å². The number of nitrogens with zero attached hydrogens (tertiary/aromatic N) is 1. The Balaban J connectivity index is 0.00000169. The summed E-state index contributed by atoms with van der Waals surface area (Å²) in [7, 11) is 2.07. The van der Waals surface area contributed by atoms with E-state index in [0.717, 1.165) is 21.5 Å². The monoisotopic (exact) mass is 446 g/mol. The quantitative estimate of drug-likeness (QED) is 0.359. The summed E-state index contributed by atoms with van der Waals surface area (Å²) < 4.78 is 2.14. The largest absolute Gasteiger partial charge is 1.00 e. The van der Waals surface area contributed by atoms with E-state index in [1.165, 1.54) is 16.5 Å². The number of fused-ring (bicyclic) bond motifs is 2. The molecule has 2 heterocycles. The molecule has 0 saturated heterocycles. The van der Waals surface area contributed by atoms with Gasteiger partial charge in [-0.15, -0.1) is 0 Å². The molecule has 0 spiro atoms. The summed E-state index contributed by atoms with van der Waals surface area (Å²) in [6.07, 6.45) is 8.40. The number of aromatic amines is 1. The molecule has 0 radical (unpaired) electrons. The highest BCUT2D eigenvalue weighted by atomic mass is 127. The van der Waals surface area contributed by atoms with Crippen LogP contribution in [0.3, 0.4) is 0 Å². The van der Waals surface area contributed by atoms with Crippen LogP contribution in [0.15, 0.2) is 60.9 Å². The zero-order valence-electron chi connectivity index (χ0n) is 13.1. The summed E-state index contributed by atoms with van der Waals surface area (Å²) in [5.74, 6) is 0. The fourth-order valence-corrected chi connectivity index (χ4v) is 3.14. The zero-order valence-corrected chi connectivity index (χ0v) is 16.0. The van der Waals surface area contributed by atoms with Gasteiger partial charge in [-0.2, -0.15) is 0 Å². The Morgan fingerprint density at radius 1 is 0.958 bits per heavy atom. The highest BCUT2D eigenvalue weighted by Gasteiger charge is 2.07. The van der Waals surface area contributed by atoms with Crippen LogP contribution in [-0.2, 0) is 7.05 Å². The number of hydrogen-bond donors (Lipinski definition) is 1. The predicted molar refractivity (Wildman–Crippen MR) is 97.4 cm³/mol. The number of nitrogens with one attached hydrogen (secondary N) is 1. The Kier molecular flexibility index (Phi) is 4.92. The first kappa shape index (κ1) is 17.0. The first-order valence-corrected chi connectivity index (χ1v) is 7.92. The smallest absolute Gasteiger partial charge is 0.212 e. The summed E-state index contributed by atoms with van der Waals surface area (Å²) >= 11 is 6.12. The summed E-state index contributed by atoms with van der Waals surface area (Å²) in [4.78, 5) is 3.28. The van der Waals surface area contributed by atoms with Crippen molar-refractivity contribution in [2.45, 2.75) is 0 Å². The third kappa shape index (κ3) is 3.06. The maximum Gasteiger partial charge on any atom is 0.212 e. The van der Waals surface area contributed by atoms with Crippen LogP contribution in [0, 0.1) is 0 Å². The van der Waals surface area contributed by atoms with Crippen molar-refractivity contribution >= 4 is 45.6 Å². The average molecular weight is 447 g/mol. The van der Waals surface area contributed by atoms with Crippen molar-refractivity contribution in [2.24, 2.45) is 7.05 Å². The van der Waals surface area contributed by atoms with Gasteiger partial charge in [-0.1, -0.05) is 35.9 Å². The van der Waals surface area contributed by atoms with Gasteiger partial charge in [-0.05, 0) is 35.4 Å². The van der Waals surface area contributed by atoms with Crippen molar-refractivity contribution < 1.29 is 28.5 Å². The Labute approximate surface area is 162 Å². The van der Waals surface area contributed by atoms with E-state index in [2.05, 4.69) is 65.3 Å². The van der Waals surface area contributed by atoms with Gasteiger partial charge in [0.2, 0.25) is 5.52 Å². The molecule has 120 valence electrons. The van der Waals surface area contributed by atoms with E-state index in [-0.39, 0.29) is 24.0 Å². The van der Waals surface area contributed by atoms with Gasteiger partial charge in [0, 0.05) is 34.3 Å². The lowest BCUT2D eigenvalue weighted by molar-refractivity contribution is -0.644. The minimum absolute atomic E-state index is 0. The standard InChI is InChI=1S/C20H15ClN2.HI/c1-23-11-10-14(17-4-2-3-5-20(17)23)6-7-15-13-22-19-9-8-16(21)12-18(15)19;/h2-13H,1H3;1H. The van der Waals surface area contributed by atoms with Crippen LogP contribution in [0.25, 0.3) is 34.0 Å². The Morgan fingerprint density at radius 2 is 1.75 bits per heavy atom. The Bertz CT molecular complexity index is 1050. The van der Waals surface area contributed by atoms with Crippen molar-refractivity contribution in [3.63, 3.8) is 0 Å². The van der Waals surface area contributed by atoms with Gasteiger partial charge in [-0.3, -0.25) is 0 Å². The lowest BCUT2D eigenvalue weighted by Gasteiger charge is -2.00. The molecule has 0 aliphatic heterocycles. The second kappa shape index (κ2) is 6.95. The predicted octanol–water partition coefficient (Wildman–Crippen LogP) is 1.97. The lowest BCUT2D eigenvalue weighted by Crippen LogP contribution is -3.00. The van der Waals surface area contributed by atoms with Crippen molar-refractivity contribution in [3.8, 4) is 0 Å². The molecule has 0 fully saturated rings. The van der Waals surface area contributed by atoms with Crippen molar-refractivity contribution in [1.29, 1.82) is 0 Å². The van der Waals surface area contributed by atoms with Crippen molar-refractivity contribution in [3.05, 3.63) is 77.1 Å². The SMILES string of the molecule is C[n+]1ccc(/C=C/c2c[nH]c3ccc(Cl)cc23)c2ccccc21.[I-]. The van der Waals surface area contributed by atoms with E-state index in [0.29, 0.717) is 0 Å². The molecule has 4 aromatic rings. The molecule has 0 aliphatic rings. The van der Waals surface area contributed by atoms with Crippen LogP contribution in [0.4, 0.5) is 0 Å². The summed E-state index contributed by atoms with van der Waals surface area (Å²) in [5.41, 5.74) is 4.66. The molecule has 2 aromatic heterocycles. The molecule has 2 aromatic carbocycles. The molecule has 0 aliphatic carbocycles. The zero-order chi connectivity index (χ0) is 15.8. The van der Waals surface area contributed by atoms with Crippen LogP contribution in [0.5, 0.6) is 0 Å². The summed E-state index contributed by atoms with van der Waals surface area (Å²) in [6.45, 7) is 0. The highest BCUT2D eigenvalue weighted by molar-refractivity contribution is 6.31. The Morgan fingerprint density at radius 3 is 2.62 bits per heavy atom. The maximum absolute atomic E-state index is 6.12. The first-order chi connectivity index (χ1) is 11.2. The number of hydrogen-bond acceptors (Lipinski definition) is 0. The van der Waals surface area contributed by atoms with Gasteiger partial charge < -0.3 is 29.0 Å². The number of para-hydroxylation sites is 1. The van der Waals surface area contributed by atoms with Crippen LogP contribution in [-0.4, -0.2) is 4.98 Å². The number of benzene rings is 2. The number of H-pyrrole nitrogens is 1. The second-order valence-corrected chi connectivity index (χ2v) is 6.10. The van der Waals surface area contributed by atoms with Crippen molar-refractivity contribution in [1.82, 2.24) is 4.98 Å². The van der Waals surface area contributed by atoms with E-state index >= 15 is 0 Å². The van der Waals surface area contributed by atoms with Crippen LogP contribution in [0.2, 0.25) is 5.02 Å². The minimum Gasteiger partial charge on any atom is -1.00 e. The Hall–Kier alpha value is -1.85. The fourth-order valence-electron chi connectivity index (χ4n) is 2.96. The van der Waals surface area contributed by atoms with E-state index < -0.39 is 0 Å². The number of halogens is 2. The molecule has 1 N–H and O–H groups in total. The molecule has 4 rings (SSSR count). The van der Waals surface area contributed by atoms with Crippen LogP contribution >= 0.6 is 11.6 Å². The van der Waals surface area contributed by atoms with Crippen LogP contribution < -0.4 is 28.5 Å². The number of pyridine rings is 1. The van der Waals surface area contributed by atoms with Crippen molar-refractivity contribution in [2.75, 3.05) is 0 Å². The summed E-state index contributed by atoms with van der Waals surface area (Å²) in [5, 5.41) is 3.13. The lowest BCUT2D eigenvalue weighted by atomic mass is 10.1. The summed E-state index contributed by atoms with van der Waals surface area (Å²) in [6, 6.07) is 16.5. The molecular formula is C20H16ClIN2. The third-order valence-electron chi connectivity index (χ3n) is 4.19. The molecule has 24 heavy (non-hydrogen) atoms. The number of aromatic nitrogens is 2. The van der Waals surface area contributed by atoms with Gasteiger partial charge in [0.15, 0.2) is 6.20 Å². The minimum atomic E-state index is 0. The van der Waals surface area contributed by atoms with E-state index in [1.807, 2.05) is 24.4 Å². The maximum atomic E-state index is 6.12.